The van der Waals surface area contributed by atoms with Gasteiger partial charge >= 0.3 is 0 Å². The van der Waals surface area contributed by atoms with E-state index in [0.29, 0.717) is 39.9 Å². The van der Waals surface area contributed by atoms with Crippen molar-refractivity contribution < 1.29 is 13.6 Å². The number of hydrogen-bond acceptors (Lipinski definition) is 4. The highest BCUT2D eigenvalue weighted by atomic mass is 32.2. The molecule has 0 bridgehead atoms. The van der Waals surface area contributed by atoms with Crippen LogP contribution >= 0.6 is 11.8 Å². The predicted octanol–water partition coefficient (Wildman–Crippen LogP) is 9.65. The molecule has 1 unspecified atom stereocenters. The molecule has 1 fully saturated rings. The summed E-state index contributed by atoms with van der Waals surface area (Å²) in [4.78, 5) is 1.26. The molecule has 0 N–H and O–H groups in total. The second-order valence-corrected chi connectivity index (χ2v) is 24.5. The van der Waals surface area contributed by atoms with Gasteiger partial charge in [0.15, 0.2) is 8.32 Å². The predicted molar refractivity (Wildman–Crippen MR) is 158 cm³/mol. The Hall–Kier alpha value is -0.116. The lowest BCUT2D eigenvalue weighted by Crippen LogP contribution is -2.53. The van der Waals surface area contributed by atoms with Crippen LogP contribution in [0.5, 0.6) is 0 Å². The molecule has 1 aromatic rings. The summed E-state index contributed by atoms with van der Waals surface area (Å²) in [5.41, 5.74) is 3.46. The van der Waals surface area contributed by atoms with Crippen molar-refractivity contribution in [2.75, 3.05) is 6.61 Å². The fourth-order valence-electron chi connectivity index (χ4n) is 7.07. The first-order chi connectivity index (χ1) is 16.3. The first kappa shape index (κ1) is 31.1. The minimum absolute atomic E-state index is 0.0116. The van der Waals surface area contributed by atoms with Gasteiger partial charge in [0, 0.05) is 11.3 Å². The summed E-state index contributed by atoms with van der Waals surface area (Å²) in [5, 5.41) is 0. The van der Waals surface area contributed by atoms with Crippen molar-refractivity contribution in [1.82, 2.24) is 0 Å². The number of hydrogen-bond donors (Lipinski definition) is 0. The molecule has 202 valence electrons. The fourth-order valence-corrected chi connectivity index (χ4v) is 19.2. The Labute approximate surface area is 223 Å². The zero-order valence-corrected chi connectivity index (χ0v) is 27.4. The lowest BCUT2D eigenvalue weighted by Gasteiger charge is -2.46. The monoisotopic (exact) mass is 538 g/mol. The molecule has 35 heavy (non-hydrogen) atoms. The number of thioether (sulfide) groups is 1. The average molecular weight is 539 g/mol. The Morgan fingerprint density at radius 3 is 1.63 bits per heavy atom. The lowest BCUT2D eigenvalue weighted by molar-refractivity contribution is 0.00271. The zero-order valence-electron chi connectivity index (χ0n) is 24.6. The topological polar surface area (TPSA) is 27.7 Å². The van der Waals surface area contributed by atoms with Gasteiger partial charge in [-0.15, -0.1) is 0 Å². The molecule has 1 aliphatic heterocycles. The van der Waals surface area contributed by atoms with Crippen LogP contribution in [0.25, 0.3) is 0 Å². The van der Waals surface area contributed by atoms with Crippen LogP contribution in [0.4, 0.5) is 0 Å². The van der Waals surface area contributed by atoms with Crippen LogP contribution in [0.3, 0.4) is 0 Å². The summed E-state index contributed by atoms with van der Waals surface area (Å²) in [7, 11) is -4.01. The third-order valence-electron chi connectivity index (χ3n) is 8.44. The van der Waals surface area contributed by atoms with Crippen LogP contribution in [-0.2, 0) is 13.6 Å². The largest absolute Gasteiger partial charge is 0.413 e. The van der Waals surface area contributed by atoms with Gasteiger partial charge in [-0.05, 0) is 45.4 Å². The van der Waals surface area contributed by atoms with E-state index >= 15 is 0 Å². The molecule has 6 heteroatoms. The van der Waals surface area contributed by atoms with Crippen LogP contribution in [0, 0.1) is 0 Å². The molecule has 3 atom stereocenters. The smallest absolute Gasteiger partial charge is 0.200 e. The van der Waals surface area contributed by atoms with Gasteiger partial charge in [0.2, 0.25) is 8.32 Å². The molecule has 0 saturated carbocycles. The number of benzene rings is 1. The Morgan fingerprint density at radius 1 is 0.743 bits per heavy atom. The van der Waals surface area contributed by atoms with E-state index in [1.54, 1.807) is 0 Å². The highest BCUT2D eigenvalue weighted by molar-refractivity contribution is 7.99. The maximum absolute atomic E-state index is 7.35. The van der Waals surface area contributed by atoms with E-state index in [1.807, 2.05) is 11.8 Å². The van der Waals surface area contributed by atoms with Gasteiger partial charge < -0.3 is 13.6 Å². The fraction of sp³-hybridized carbons (Fsp3) is 0.793. The van der Waals surface area contributed by atoms with Crippen LogP contribution in [-0.4, -0.2) is 40.9 Å². The molecule has 1 heterocycles. The summed E-state index contributed by atoms with van der Waals surface area (Å²) >= 11 is 1.83. The Kier molecular flexibility index (Phi) is 11.6. The summed E-state index contributed by atoms with van der Waals surface area (Å²) < 4.78 is 21.2. The van der Waals surface area contributed by atoms with Crippen molar-refractivity contribution in [2.45, 2.75) is 145 Å². The van der Waals surface area contributed by atoms with E-state index in [9.17, 15) is 0 Å². The average Bonchev–Trinajstić information content (AvgIpc) is 3.12. The summed E-state index contributed by atoms with van der Waals surface area (Å²) in [6.07, 6.45) is 1.00. The molecule has 3 nitrogen and oxygen atoms in total. The van der Waals surface area contributed by atoms with E-state index in [1.165, 1.54) is 4.90 Å². The van der Waals surface area contributed by atoms with Gasteiger partial charge in [-0.3, -0.25) is 0 Å². The van der Waals surface area contributed by atoms with Crippen molar-refractivity contribution in [2.24, 2.45) is 0 Å². The van der Waals surface area contributed by atoms with Crippen LogP contribution in [0.15, 0.2) is 35.2 Å². The van der Waals surface area contributed by atoms with Crippen molar-refractivity contribution >= 4 is 28.4 Å². The first-order valence-corrected chi connectivity index (χ1v) is 19.1. The first-order valence-electron chi connectivity index (χ1n) is 14.0. The Morgan fingerprint density at radius 2 is 1.20 bits per heavy atom. The summed E-state index contributed by atoms with van der Waals surface area (Å²) in [6, 6.07) is 10.6. The van der Waals surface area contributed by atoms with Gasteiger partial charge in [0.1, 0.15) is 11.5 Å². The van der Waals surface area contributed by atoms with E-state index in [4.69, 9.17) is 13.6 Å². The van der Waals surface area contributed by atoms with Crippen molar-refractivity contribution in [3.63, 3.8) is 0 Å². The van der Waals surface area contributed by atoms with Gasteiger partial charge in [-0.2, -0.15) is 0 Å². The van der Waals surface area contributed by atoms with Gasteiger partial charge in [0.05, 0.1) is 12.7 Å². The van der Waals surface area contributed by atoms with E-state index in [-0.39, 0.29) is 17.6 Å². The third-order valence-corrected chi connectivity index (χ3v) is 21.8. The van der Waals surface area contributed by atoms with Crippen molar-refractivity contribution in [3.8, 4) is 0 Å². The SMILES string of the molecule is CC(C)[Si](OC[C@H]1OC(Sc2ccccc2)C[C@@H]1O[Si](C(C)C)(C(C)C)C(C)C)(C(C)C)C(C)C. The molecule has 2 rings (SSSR count). The molecular formula is C29H54O3SSi2. The molecule has 0 radical (unpaired) electrons. The van der Waals surface area contributed by atoms with Gasteiger partial charge in [0.25, 0.3) is 0 Å². The minimum atomic E-state index is -2.03. The van der Waals surface area contributed by atoms with Gasteiger partial charge in [-0.1, -0.05) is 113 Å². The standard InChI is InChI=1S/C29H54O3SSi2/c1-20(2)34(21(3)4,22(5)6)30-19-28-27(32-35(23(7)8,24(9)10)25(11)12)18-29(31-28)33-26-16-14-13-15-17-26/h13-17,20-25,27-29H,18-19H2,1-12H3/t27-,28+,29?/m0/s1. The number of rotatable bonds is 13. The summed E-state index contributed by atoms with van der Waals surface area (Å²) in [5.74, 6) is 0. The molecule has 0 spiro atoms. The number of ether oxygens (including phenoxy) is 1. The van der Waals surface area contributed by atoms with Crippen LogP contribution < -0.4 is 0 Å². The van der Waals surface area contributed by atoms with E-state index < -0.39 is 16.6 Å². The quantitative estimate of drug-likeness (QED) is 0.234. The van der Waals surface area contributed by atoms with E-state index in [0.717, 1.165) is 6.42 Å². The maximum Gasteiger partial charge on any atom is 0.200 e. The maximum atomic E-state index is 7.35. The molecule has 0 aromatic heterocycles. The Bertz CT molecular complexity index is 708. The van der Waals surface area contributed by atoms with Crippen LogP contribution in [0.1, 0.15) is 89.5 Å². The minimum Gasteiger partial charge on any atom is -0.413 e. The second-order valence-electron chi connectivity index (χ2n) is 12.4. The van der Waals surface area contributed by atoms with Crippen molar-refractivity contribution in [3.05, 3.63) is 30.3 Å². The molecule has 0 aliphatic carbocycles. The molecule has 1 aliphatic rings. The molecule has 1 aromatic carbocycles. The second kappa shape index (κ2) is 13.1. The molecule has 1 saturated heterocycles. The highest BCUT2D eigenvalue weighted by Gasteiger charge is 2.51. The molecule has 0 amide bonds. The van der Waals surface area contributed by atoms with Crippen molar-refractivity contribution in [1.29, 1.82) is 0 Å². The highest BCUT2D eigenvalue weighted by Crippen LogP contribution is 2.47. The van der Waals surface area contributed by atoms with Gasteiger partial charge in [-0.25, -0.2) is 0 Å². The molecular weight excluding hydrogens is 485 g/mol. The zero-order chi connectivity index (χ0) is 26.6. The van der Waals surface area contributed by atoms with E-state index in [2.05, 4.69) is 113 Å². The Balaban J connectivity index is 2.34. The summed E-state index contributed by atoms with van der Waals surface area (Å²) in [6.45, 7) is 29.0. The van der Waals surface area contributed by atoms with Crippen LogP contribution in [0.2, 0.25) is 33.2 Å². The third kappa shape index (κ3) is 6.86. The normalized spacial score (nSPS) is 22.1. The lowest BCUT2D eigenvalue weighted by atomic mass is 10.2.